The Morgan fingerprint density at radius 2 is 2.07 bits per heavy atom. The van der Waals surface area contributed by atoms with E-state index >= 15 is 0 Å². The molecule has 6 nitrogen and oxygen atoms in total. The van der Waals surface area contributed by atoms with Crippen molar-refractivity contribution >= 4 is 17.4 Å². The first-order chi connectivity index (χ1) is 14.0. The van der Waals surface area contributed by atoms with Crippen molar-refractivity contribution < 1.29 is 14.3 Å². The number of carbonyl (C=O) groups excluding carboxylic acids is 2. The Morgan fingerprint density at radius 1 is 1.24 bits per heavy atom. The third kappa shape index (κ3) is 5.94. The molecule has 0 fully saturated rings. The van der Waals surface area contributed by atoms with Crippen LogP contribution < -0.4 is 15.4 Å². The number of ether oxygens (including phenoxy) is 1. The highest BCUT2D eigenvalue weighted by Crippen LogP contribution is 2.25. The van der Waals surface area contributed by atoms with E-state index in [1.165, 1.54) is 0 Å². The number of fused-ring (bicyclic) bond motifs is 1. The summed E-state index contributed by atoms with van der Waals surface area (Å²) in [6, 6.07) is 7.36. The molecular weight excluding hydrogens is 366 g/mol. The molecule has 0 bridgehead atoms. The molecule has 1 aromatic carbocycles. The van der Waals surface area contributed by atoms with Gasteiger partial charge in [-0.25, -0.2) is 0 Å². The minimum absolute atomic E-state index is 0.0482. The fraction of sp³-hybridized carbons (Fsp3) is 0.478. The van der Waals surface area contributed by atoms with Crippen LogP contribution in [0.2, 0.25) is 0 Å². The number of nitrogens with one attached hydrogen (secondary N) is 3. The van der Waals surface area contributed by atoms with Gasteiger partial charge in [-0.15, -0.1) is 0 Å². The number of aryl methyl sites for hydroxylation is 1. The zero-order chi connectivity index (χ0) is 20.6. The maximum absolute atomic E-state index is 12.8. The number of hydrogen-bond donors (Lipinski definition) is 3. The van der Waals surface area contributed by atoms with Gasteiger partial charge in [-0.05, 0) is 56.8 Å². The van der Waals surface area contributed by atoms with Gasteiger partial charge in [0, 0.05) is 30.1 Å². The van der Waals surface area contributed by atoms with E-state index in [1.807, 2.05) is 24.3 Å². The monoisotopic (exact) mass is 397 g/mol. The molecule has 1 aliphatic carbocycles. The van der Waals surface area contributed by atoms with E-state index < -0.39 is 0 Å². The summed E-state index contributed by atoms with van der Waals surface area (Å²) < 4.78 is 5.80. The molecule has 1 amide bonds. The Balaban J connectivity index is 1.56. The molecule has 0 spiro atoms. The van der Waals surface area contributed by atoms with Gasteiger partial charge in [-0.2, -0.15) is 0 Å². The Labute approximate surface area is 172 Å². The van der Waals surface area contributed by atoms with E-state index in [9.17, 15) is 9.59 Å². The van der Waals surface area contributed by atoms with Gasteiger partial charge in [0.05, 0.1) is 17.7 Å². The van der Waals surface area contributed by atoms with E-state index in [-0.39, 0.29) is 11.7 Å². The van der Waals surface area contributed by atoms with Gasteiger partial charge in [0.1, 0.15) is 5.75 Å². The van der Waals surface area contributed by atoms with Gasteiger partial charge in [0.2, 0.25) is 0 Å². The van der Waals surface area contributed by atoms with Crippen molar-refractivity contribution in [3.05, 3.63) is 47.3 Å². The highest BCUT2D eigenvalue weighted by molar-refractivity contribution is 6.13. The summed E-state index contributed by atoms with van der Waals surface area (Å²) in [6.45, 7) is 6.91. The molecule has 1 heterocycles. The van der Waals surface area contributed by atoms with Crippen LogP contribution in [-0.4, -0.2) is 36.4 Å². The average Bonchev–Trinajstić information content (AvgIpc) is 3.03. The van der Waals surface area contributed by atoms with Crippen LogP contribution in [0.5, 0.6) is 5.75 Å². The molecule has 0 saturated carbocycles. The van der Waals surface area contributed by atoms with Crippen molar-refractivity contribution in [2.24, 2.45) is 5.92 Å². The smallest absolute Gasteiger partial charge is 0.257 e. The van der Waals surface area contributed by atoms with Crippen molar-refractivity contribution in [3.8, 4) is 5.75 Å². The predicted molar refractivity (Wildman–Crippen MR) is 115 cm³/mol. The number of hydrogen-bond acceptors (Lipinski definition) is 4. The third-order valence-corrected chi connectivity index (χ3v) is 4.98. The maximum Gasteiger partial charge on any atom is 0.257 e. The second-order valence-electron chi connectivity index (χ2n) is 7.97. The van der Waals surface area contributed by atoms with Gasteiger partial charge in [0.15, 0.2) is 5.78 Å². The molecule has 3 N–H and O–H groups in total. The van der Waals surface area contributed by atoms with E-state index in [0.717, 1.165) is 50.2 Å². The van der Waals surface area contributed by atoms with Gasteiger partial charge < -0.3 is 20.4 Å². The van der Waals surface area contributed by atoms with Crippen LogP contribution >= 0.6 is 0 Å². The van der Waals surface area contributed by atoms with Crippen molar-refractivity contribution in [1.82, 2.24) is 10.3 Å². The van der Waals surface area contributed by atoms with Crippen molar-refractivity contribution in [2.75, 3.05) is 25.0 Å². The van der Waals surface area contributed by atoms with E-state index in [1.54, 1.807) is 6.20 Å². The highest BCUT2D eigenvalue weighted by atomic mass is 16.5. The molecule has 2 aromatic rings. The van der Waals surface area contributed by atoms with Crippen LogP contribution in [0.15, 0.2) is 30.5 Å². The van der Waals surface area contributed by atoms with Gasteiger partial charge in [-0.3, -0.25) is 9.59 Å². The zero-order valence-corrected chi connectivity index (χ0v) is 17.3. The number of H-pyrrole nitrogens is 1. The molecule has 0 aliphatic heterocycles. The zero-order valence-electron chi connectivity index (χ0n) is 17.3. The van der Waals surface area contributed by atoms with E-state index in [0.29, 0.717) is 35.8 Å². The molecule has 0 saturated heterocycles. The van der Waals surface area contributed by atoms with Crippen molar-refractivity contribution in [2.45, 2.75) is 46.0 Å². The summed E-state index contributed by atoms with van der Waals surface area (Å²) in [7, 11) is 0. The number of carbonyl (C=O) groups is 2. The molecule has 1 aromatic heterocycles. The highest BCUT2D eigenvalue weighted by Gasteiger charge is 2.24. The lowest BCUT2D eigenvalue weighted by atomic mass is 10.0. The Morgan fingerprint density at radius 3 is 2.90 bits per heavy atom. The van der Waals surface area contributed by atoms with Gasteiger partial charge >= 0.3 is 0 Å². The first kappa shape index (κ1) is 21.1. The van der Waals surface area contributed by atoms with E-state index in [2.05, 4.69) is 29.5 Å². The normalized spacial score (nSPS) is 13.8. The first-order valence-corrected chi connectivity index (χ1v) is 10.5. The topological polar surface area (TPSA) is 83.2 Å². The molecule has 1 aliphatic rings. The minimum Gasteiger partial charge on any atom is -0.493 e. The summed E-state index contributed by atoms with van der Waals surface area (Å²) in [5.41, 5.74) is 2.51. The number of Topliss-reactive ketones (excluding diaryl/α,β-unsaturated/α-hetero) is 1. The Kier molecular flexibility index (Phi) is 7.47. The SMILES string of the molecule is CC(C)CNCCCOc1cccc(NC(=O)c2c[nH]c3c2C(=O)CCCC3)c1. The number of amides is 1. The molecule has 6 heteroatoms. The van der Waals surface area contributed by atoms with Crippen molar-refractivity contribution in [3.63, 3.8) is 0 Å². The summed E-state index contributed by atoms with van der Waals surface area (Å²) in [5, 5.41) is 6.29. The summed E-state index contributed by atoms with van der Waals surface area (Å²) in [6.07, 6.45) is 5.71. The molecule has 3 rings (SSSR count). The van der Waals surface area contributed by atoms with Crippen molar-refractivity contribution in [1.29, 1.82) is 0 Å². The number of rotatable bonds is 9. The van der Waals surface area contributed by atoms with Gasteiger partial charge in [-0.1, -0.05) is 19.9 Å². The predicted octanol–water partition coefficient (Wildman–Crippen LogP) is 4.19. The second kappa shape index (κ2) is 10.3. The number of aromatic amines is 1. The summed E-state index contributed by atoms with van der Waals surface area (Å²) >= 11 is 0. The quantitative estimate of drug-likeness (QED) is 0.438. The van der Waals surface area contributed by atoms with Crippen LogP contribution in [0, 0.1) is 5.92 Å². The van der Waals surface area contributed by atoms with Crippen LogP contribution in [0.3, 0.4) is 0 Å². The lowest BCUT2D eigenvalue weighted by molar-refractivity contribution is 0.0965. The molecule has 156 valence electrons. The minimum atomic E-state index is -0.271. The average molecular weight is 398 g/mol. The number of aromatic nitrogens is 1. The molecule has 0 atom stereocenters. The van der Waals surface area contributed by atoms with E-state index in [4.69, 9.17) is 4.74 Å². The maximum atomic E-state index is 12.8. The third-order valence-electron chi connectivity index (χ3n) is 4.98. The lowest BCUT2D eigenvalue weighted by Crippen LogP contribution is -2.22. The standard InChI is InChI=1S/C23H31N3O3/c1-16(2)14-24-11-6-12-29-18-8-5-7-17(13-18)26-23(28)19-15-25-20-9-3-4-10-21(27)22(19)20/h5,7-8,13,15-16,24-25H,3-4,6,9-12,14H2,1-2H3,(H,26,28). The summed E-state index contributed by atoms with van der Waals surface area (Å²) in [4.78, 5) is 28.3. The molecule has 0 unspecified atom stereocenters. The molecule has 29 heavy (non-hydrogen) atoms. The van der Waals surface area contributed by atoms with Gasteiger partial charge in [0.25, 0.3) is 5.91 Å². The van der Waals surface area contributed by atoms with Crippen LogP contribution in [0.1, 0.15) is 65.9 Å². The largest absolute Gasteiger partial charge is 0.493 e. The summed E-state index contributed by atoms with van der Waals surface area (Å²) in [5.74, 6) is 1.14. The number of benzene rings is 1. The first-order valence-electron chi connectivity index (χ1n) is 10.5. The second-order valence-corrected chi connectivity index (χ2v) is 7.97. The molecule has 0 radical (unpaired) electrons. The number of ketones is 1. The van der Waals surface area contributed by atoms with Crippen LogP contribution in [0.25, 0.3) is 0 Å². The molecular formula is C23H31N3O3. The fourth-order valence-corrected chi connectivity index (χ4v) is 3.51. The Hall–Kier alpha value is -2.60. The van der Waals surface area contributed by atoms with Crippen LogP contribution in [-0.2, 0) is 6.42 Å². The van der Waals surface area contributed by atoms with Crippen LogP contribution in [0.4, 0.5) is 5.69 Å². The Bertz CT molecular complexity index is 842. The fourth-order valence-electron chi connectivity index (χ4n) is 3.51. The number of anilines is 1. The lowest BCUT2D eigenvalue weighted by Gasteiger charge is -2.10.